The van der Waals surface area contributed by atoms with Crippen LogP contribution in [0.3, 0.4) is 0 Å². The van der Waals surface area contributed by atoms with Gasteiger partial charge in [-0.05, 0) is 6.07 Å². The predicted octanol–water partition coefficient (Wildman–Crippen LogP) is 0.534. The highest BCUT2D eigenvalue weighted by atomic mass is 16.6. The van der Waals surface area contributed by atoms with E-state index >= 15 is 0 Å². The number of benzene rings is 1. The number of nitro groups is 1. The number of aliphatic hydroxyl groups excluding tert-OH is 1. The van der Waals surface area contributed by atoms with Gasteiger partial charge in [0.25, 0.3) is 5.69 Å². The van der Waals surface area contributed by atoms with Crippen molar-refractivity contribution in [2.45, 2.75) is 6.10 Å². The third-order valence-electron chi connectivity index (χ3n) is 2.24. The van der Waals surface area contributed by atoms with E-state index in [-0.39, 0.29) is 17.6 Å². The Morgan fingerprint density at radius 2 is 2.17 bits per heavy atom. The quantitative estimate of drug-likeness (QED) is 0.446. The Bertz CT molecular complexity index is 511. The number of carboxylic acid groups (broad SMARTS) is 1. The molecule has 0 fully saturated rings. The molecule has 2 N–H and O–H groups in total. The van der Waals surface area contributed by atoms with Gasteiger partial charge in [0.15, 0.2) is 12.4 Å². The van der Waals surface area contributed by atoms with E-state index < -0.39 is 28.2 Å². The van der Waals surface area contributed by atoms with E-state index in [1.165, 1.54) is 7.11 Å². The molecule has 96 valence electrons. The second-order valence-corrected chi connectivity index (χ2v) is 3.27. The number of aliphatic hydroxyl groups is 1. The van der Waals surface area contributed by atoms with Gasteiger partial charge in [-0.3, -0.25) is 14.9 Å². The molecule has 0 aliphatic rings. The largest absolute Gasteiger partial charge is 0.496 e. The summed E-state index contributed by atoms with van der Waals surface area (Å²) in [6.45, 7) is 0. The standard InChI is InChI=1S/C10H9NO7/c1-18-5-2-6(9(13)10(14)15)7(4-12)8(3-5)11(16)17/h2-4,9,13H,1H3,(H,14,15). The normalized spacial score (nSPS) is 11.7. The van der Waals surface area contributed by atoms with Gasteiger partial charge in [0.2, 0.25) is 0 Å². The average molecular weight is 255 g/mol. The van der Waals surface area contributed by atoms with Gasteiger partial charge in [-0.2, -0.15) is 0 Å². The Hall–Kier alpha value is -2.48. The molecule has 1 rings (SSSR count). The van der Waals surface area contributed by atoms with Crippen molar-refractivity contribution < 1.29 is 29.5 Å². The molecule has 0 saturated carbocycles. The van der Waals surface area contributed by atoms with Crippen LogP contribution >= 0.6 is 0 Å². The van der Waals surface area contributed by atoms with Gasteiger partial charge in [-0.1, -0.05) is 0 Å². The van der Waals surface area contributed by atoms with Crippen LogP contribution in [0, 0.1) is 10.1 Å². The summed E-state index contributed by atoms with van der Waals surface area (Å²) in [5.41, 5.74) is -1.50. The molecule has 1 aromatic rings. The van der Waals surface area contributed by atoms with Crippen molar-refractivity contribution in [1.82, 2.24) is 0 Å². The number of methoxy groups -OCH3 is 1. The first kappa shape index (κ1) is 13.6. The van der Waals surface area contributed by atoms with Crippen molar-refractivity contribution >= 4 is 17.9 Å². The molecule has 1 atom stereocenters. The molecule has 1 aromatic carbocycles. The smallest absolute Gasteiger partial charge is 0.337 e. The Morgan fingerprint density at radius 3 is 2.56 bits per heavy atom. The maximum atomic E-state index is 10.8. The van der Waals surface area contributed by atoms with Crippen molar-refractivity contribution in [2.24, 2.45) is 0 Å². The highest BCUT2D eigenvalue weighted by Crippen LogP contribution is 2.31. The molecule has 0 amide bonds. The molecule has 8 heteroatoms. The number of carbonyl (C=O) groups excluding carboxylic acids is 1. The summed E-state index contributed by atoms with van der Waals surface area (Å²) in [5, 5.41) is 28.8. The number of aldehydes is 1. The van der Waals surface area contributed by atoms with Crippen LogP contribution < -0.4 is 4.74 Å². The highest BCUT2D eigenvalue weighted by molar-refractivity contribution is 5.88. The highest BCUT2D eigenvalue weighted by Gasteiger charge is 2.27. The van der Waals surface area contributed by atoms with E-state index in [9.17, 15) is 24.8 Å². The number of carbonyl (C=O) groups is 2. The van der Waals surface area contributed by atoms with Gasteiger partial charge in [-0.25, -0.2) is 4.79 Å². The van der Waals surface area contributed by atoms with E-state index in [1.54, 1.807) is 0 Å². The Balaban J connectivity index is 3.56. The van der Waals surface area contributed by atoms with Crippen molar-refractivity contribution in [3.8, 4) is 5.75 Å². The van der Waals surface area contributed by atoms with Crippen LogP contribution in [0.4, 0.5) is 5.69 Å². The lowest BCUT2D eigenvalue weighted by atomic mass is 10.0. The van der Waals surface area contributed by atoms with Gasteiger partial charge in [0.1, 0.15) is 5.75 Å². The van der Waals surface area contributed by atoms with E-state index in [0.29, 0.717) is 0 Å². The van der Waals surface area contributed by atoms with Crippen LogP contribution in [0.25, 0.3) is 0 Å². The van der Waals surface area contributed by atoms with Crippen LogP contribution in [0.15, 0.2) is 12.1 Å². The summed E-state index contributed by atoms with van der Waals surface area (Å²) in [6, 6.07) is 2.04. The number of ether oxygens (including phenoxy) is 1. The molecule has 0 spiro atoms. The summed E-state index contributed by atoms with van der Waals surface area (Å²) in [6.07, 6.45) is -1.92. The fourth-order valence-corrected chi connectivity index (χ4v) is 1.39. The van der Waals surface area contributed by atoms with Crippen molar-refractivity contribution in [1.29, 1.82) is 0 Å². The number of hydrogen-bond donors (Lipinski definition) is 2. The van der Waals surface area contributed by atoms with Crippen LogP contribution in [0.5, 0.6) is 5.75 Å². The van der Waals surface area contributed by atoms with Crippen molar-refractivity contribution in [3.63, 3.8) is 0 Å². The van der Waals surface area contributed by atoms with E-state index in [4.69, 9.17) is 9.84 Å². The summed E-state index contributed by atoms with van der Waals surface area (Å²) in [7, 11) is 1.22. The predicted molar refractivity (Wildman–Crippen MR) is 57.6 cm³/mol. The Labute approximate surface area is 101 Å². The maximum absolute atomic E-state index is 10.8. The fraction of sp³-hybridized carbons (Fsp3) is 0.200. The van der Waals surface area contributed by atoms with Crippen LogP contribution in [-0.4, -0.2) is 34.5 Å². The van der Waals surface area contributed by atoms with Crippen molar-refractivity contribution in [2.75, 3.05) is 7.11 Å². The maximum Gasteiger partial charge on any atom is 0.337 e. The molecule has 0 aliphatic carbocycles. The fourth-order valence-electron chi connectivity index (χ4n) is 1.39. The monoisotopic (exact) mass is 255 g/mol. The third-order valence-corrected chi connectivity index (χ3v) is 2.24. The number of rotatable bonds is 5. The zero-order valence-corrected chi connectivity index (χ0v) is 9.19. The summed E-state index contributed by atoms with van der Waals surface area (Å²) < 4.78 is 4.75. The molecule has 1 unspecified atom stereocenters. The van der Waals surface area contributed by atoms with Gasteiger partial charge >= 0.3 is 5.97 Å². The summed E-state index contributed by atoms with van der Waals surface area (Å²) in [5.74, 6) is -1.65. The molecule has 0 aliphatic heterocycles. The lowest BCUT2D eigenvalue weighted by molar-refractivity contribution is -0.385. The minimum absolute atomic E-state index is 0.0254. The van der Waals surface area contributed by atoms with Crippen LogP contribution in [0.2, 0.25) is 0 Å². The average Bonchev–Trinajstić information content (AvgIpc) is 2.35. The number of carboxylic acids is 1. The zero-order chi connectivity index (χ0) is 13.9. The molecule has 8 nitrogen and oxygen atoms in total. The minimum Gasteiger partial charge on any atom is -0.496 e. The molecule has 0 saturated heterocycles. The molecule has 18 heavy (non-hydrogen) atoms. The van der Waals surface area contributed by atoms with Gasteiger partial charge < -0.3 is 14.9 Å². The third kappa shape index (κ3) is 2.43. The molecule has 0 heterocycles. The van der Waals surface area contributed by atoms with E-state index in [2.05, 4.69) is 0 Å². The zero-order valence-electron chi connectivity index (χ0n) is 9.19. The van der Waals surface area contributed by atoms with Gasteiger partial charge in [0, 0.05) is 5.56 Å². The molecular formula is C10H9NO7. The Morgan fingerprint density at radius 1 is 1.56 bits per heavy atom. The number of nitrogens with zero attached hydrogens (tertiary/aromatic N) is 1. The van der Waals surface area contributed by atoms with E-state index in [1.807, 2.05) is 0 Å². The van der Waals surface area contributed by atoms with Gasteiger partial charge in [-0.15, -0.1) is 0 Å². The minimum atomic E-state index is -2.04. The summed E-state index contributed by atoms with van der Waals surface area (Å²) in [4.78, 5) is 31.4. The lowest BCUT2D eigenvalue weighted by Gasteiger charge is -2.11. The lowest BCUT2D eigenvalue weighted by Crippen LogP contribution is -2.14. The van der Waals surface area contributed by atoms with Crippen LogP contribution in [0.1, 0.15) is 22.0 Å². The molecule has 0 aromatic heterocycles. The summed E-state index contributed by atoms with van der Waals surface area (Å²) >= 11 is 0. The number of hydrogen-bond acceptors (Lipinski definition) is 6. The topological polar surface area (TPSA) is 127 Å². The SMILES string of the molecule is COc1cc(C(O)C(=O)O)c(C=O)c([N+](=O)[O-])c1. The second kappa shape index (κ2) is 5.23. The first-order valence-electron chi connectivity index (χ1n) is 4.64. The van der Waals surface area contributed by atoms with E-state index in [0.717, 1.165) is 12.1 Å². The second-order valence-electron chi connectivity index (χ2n) is 3.27. The molecule has 0 bridgehead atoms. The number of nitro benzene ring substituents is 1. The molecular weight excluding hydrogens is 246 g/mol. The Kier molecular flexibility index (Phi) is 3.95. The first-order valence-corrected chi connectivity index (χ1v) is 4.64. The molecule has 0 radical (unpaired) electrons. The van der Waals surface area contributed by atoms with Crippen LogP contribution in [-0.2, 0) is 4.79 Å². The van der Waals surface area contributed by atoms with Gasteiger partial charge in [0.05, 0.1) is 23.7 Å². The number of aliphatic carboxylic acids is 1. The van der Waals surface area contributed by atoms with Crippen molar-refractivity contribution in [3.05, 3.63) is 33.4 Å². The first-order chi connectivity index (χ1) is 8.42.